The van der Waals surface area contributed by atoms with Crippen LogP contribution in [0.2, 0.25) is 0 Å². The van der Waals surface area contributed by atoms with Crippen LogP contribution >= 0.6 is 0 Å². The maximum absolute atomic E-state index is 13.3. The number of fused-ring (bicyclic) bond motifs is 3. The Kier molecular flexibility index (Phi) is 2.50. The molecule has 0 N–H and O–H groups in total. The maximum Gasteiger partial charge on any atom is 0.172 e. The van der Waals surface area contributed by atoms with Crippen LogP contribution in [0.4, 0.5) is 0 Å². The van der Waals surface area contributed by atoms with Crippen LogP contribution < -0.4 is 0 Å². The van der Waals surface area contributed by atoms with Crippen LogP contribution in [-0.4, -0.2) is 23.3 Å². The second-order valence-electron chi connectivity index (χ2n) is 8.21. The third-order valence-corrected chi connectivity index (χ3v) is 7.30. The molecular formula is C20H22O3. The monoisotopic (exact) mass is 310 g/mol. The summed E-state index contributed by atoms with van der Waals surface area (Å²) in [5.41, 5.74) is 0.606. The number of hydrogen-bond acceptors (Lipinski definition) is 3. The summed E-state index contributed by atoms with van der Waals surface area (Å²) in [5, 5.41) is 0. The number of benzene rings is 1. The van der Waals surface area contributed by atoms with E-state index in [-0.39, 0.29) is 22.6 Å². The molecule has 1 saturated carbocycles. The van der Waals surface area contributed by atoms with Crippen molar-refractivity contribution in [2.75, 3.05) is 0 Å². The molecule has 2 aliphatic carbocycles. The molecule has 5 rings (SSSR count). The highest BCUT2D eigenvalue weighted by atomic mass is 16.5. The van der Waals surface area contributed by atoms with E-state index in [0.717, 1.165) is 56.1 Å². The van der Waals surface area contributed by atoms with Crippen LogP contribution in [0.1, 0.15) is 61.4 Å². The van der Waals surface area contributed by atoms with Crippen LogP contribution in [0, 0.1) is 10.8 Å². The Labute approximate surface area is 136 Å². The number of rotatable bonds is 0. The van der Waals surface area contributed by atoms with Gasteiger partial charge in [-0.1, -0.05) is 37.1 Å². The molecule has 23 heavy (non-hydrogen) atoms. The summed E-state index contributed by atoms with van der Waals surface area (Å²) in [7, 11) is 0. The first-order valence-corrected chi connectivity index (χ1v) is 8.87. The minimum Gasteiger partial charge on any atom is -0.362 e. The third kappa shape index (κ3) is 1.42. The minimum atomic E-state index is -0.595. The number of carbonyl (C=O) groups excluding carboxylic acids is 2. The summed E-state index contributed by atoms with van der Waals surface area (Å²) in [6, 6.07) is 7.88. The van der Waals surface area contributed by atoms with Crippen molar-refractivity contribution in [1.29, 1.82) is 0 Å². The van der Waals surface area contributed by atoms with Crippen LogP contribution in [0.25, 0.3) is 0 Å². The van der Waals surface area contributed by atoms with E-state index in [2.05, 4.69) is 6.92 Å². The Morgan fingerprint density at radius 1 is 1.09 bits per heavy atom. The molecule has 4 aliphatic rings. The van der Waals surface area contributed by atoms with Gasteiger partial charge in [0.25, 0.3) is 0 Å². The lowest BCUT2D eigenvalue weighted by Crippen LogP contribution is -2.58. The van der Waals surface area contributed by atoms with Crippen molar-refractivity contribution >= 4 is 11.6 Å². The number of Topliss-reactive ketones (excluding diaryl/α,β-unsaturated/α-hetero) is 2. The molecule has 1 aromatic carbocycles. The first-order valence-electron chi connectivity index (χ1n) is 8.87. The zero-order chi connectivity index (χ0) is 15.9. The number of aryl methyl sites for hydroxylation is 1. The van der Waals surface area contributed by atoms with Gasteiger partial charge >= 0.3 is 0 Å². The topological polar surface area (TPSA) is 43.4 Å². The molecule has 0 amide bonds. The van der Waals surface area contributed by atoms with E-state index in [9.17, 15) is 9.59 Å². The second kappa shape index (κ2) is 4.13. The van der Waals surface area contributed by atoms with Crippen LogP contribution in [0.5, 0.6) is 0 Å². The predicted molar refractivity (Wildman–Crippen MR) is 85.3 cm³/mol. The minimum absolute atomic E-state index is 0.155. The molecule has 0 unspecified atom stereocenters. The van der Waals surface area contributed by atoms with E-state index in [1.807, 2.05) is 24.3 Å². The van der Waals surface area contributed by atoms with Gasteiger partial charge < -0.3 is 4.74 Å². The lowest BCUT2D eigenvalue weighted by molar-refractivity contribution is -0.135. The predicted octanol–water partition coefficient (Wildman–Crippen LogP) is 3.49. The zero-order valence-electron chi connectivity index (χ0n) is 13.6. The molecule has 2 heterocycles. The molecule has 4 atom stereocenters. The highest BCUT2D eigenvalue weighted by Gasteiger charge is 2.76. The van der Waals surface area contributed by atoms with Crippen molar-refractivity contribution in [1.82, 2.24) is 0 Å². The summed E-state index contributed by atoms with van der Waals surface area (Å²) in [6.45, 7) is 2.09. The van der Waals surface area contributed by atoms with Gasteiger partial charge in [0.2, 0.25) is 0 Å². The highest BCUT2D eigenvalue weighted by Crippen LogP contribution is 2.67. The molecule has 3 fully saturated rings. The SMILES string of the molecule is C[C@@]12CCCC[C@@]13C[C@@]1(CCc4ccccc4C1=O)[C@H](O3)C2=O. The first kappa shape index (κ1) is 13.9. The summed E-state index contributed by atoms with van der Waals surface area (Å²) in [5.74, 6) is 0.360. The largest absolute Gasteiger partial charge is 0.362 e. The molecule has 2 aliphatic heterocycles. The van der Waals surface area contributed by atoms with E-state index >= 15 is 0 Å². The Balaban J connectivity index is 1.63. The number of ether oxygens (including phenoxy) is 1. The zero-order valence-corrected chi connectivity index (χ0v) is 13.6. The normalized spacial score (nSPS) is 44.5. The Morgan fingerprint density at radius 2 is 1.87 bits per heavy atom. The van der Waals surface area contributed by atoms with Crippen LogP contribution in [0.15, 0.2) is 24.3 Å². The van der Waals surface area contributed by atoms with E-state index < -0.39 is 11.5 Å². The standard InChI is InChI=1S/C20H22O3/c1-18-9-4-5-10-20(18)12-19(17(23-20)16(18)22)11-8-13-6-2-3-7-14(13)15(19)21/h2-3,6-7,17H,4-5,8-12H2,1H3/t17-,18+,19-,20-/m1/s1. The van der Waals surface area contributed by atoms with Crippen LogP contribution in [0.3, 0.4) is 0 Å². The number of carbonyl (C=O) groups is 2. The van der Waals surface area contributed by atoms with Crippen molar-refractivity contribution in [3.8, 4) is 0 Å². The van der Waals surface area contributed by atoms with Gasteiger partial charge in [0.1, 0.15) is 6.10 Å². The van der Waals surface area contributed by atoms with Gasteiger partial charge in [-0.2, -0.15) is 0 Å². The second-order valence-corrected chi connectivity index (χ2v) is 8.21. The Bertz CT molecular complexity index is 738. The van der Waals surface area contributed by atoms with Gasteiger partial charge in [-0.25, -0.2) is 0 Å². The lowest BCUT2D eigenvalue weighted by atomic mass is 9.50. The average molecular weight is 310 g/mol. The van der Waals surface area contributed by atoms with E-state index in [4.69, 9.17) is 4.74 Å². The van der Waals surface area contributed by atoms with E-state index in [1.165, 1.54) is 0 Å². The molecule has 0 aromatic heterocycles. The molecule has 120 valence electrons. The number of hydrogen-bond donors (Lipinski definition) is 0. The van der Waals surface area contributed by atoms with Crippen LogP contribution in [-0.2, 0) is 16.0 Å². The lowest BCUT2D eigenvalue weighted by Gasteiger charge is -2.49. The Hall–Kier alpha value is -1.48. The smallest absolute Gasteiger partial charge is 0.172 e. The number of ketones is 2. The van der Waals surface area contributed by atoms with Crippen molar-refractivity contribution < 1.29 is 14.3 Å². The van der Waals surface area contributed by atoms with Crippen molar-refractivity contribution in [3.05, 3.63) is 35.4 Å². The Morgan fingerprint density at radius 3 is 2.74 bits per heavy atom. The fourth-order valence-corrected chi connectivity index (χ4v) is 5.91. The summed E-state index contributed by atoms with van der Waals surface area (Å²) >= 11 is 0. The third-order valence-electron chi connectivity index (χ3n) is 7.30. The molecule has 1 aromatic rings. The fraction of sp³-hybridized carbons (Fsp3) is 0.600. The summed E-state index contributed by atoms with van der Waals surface area (Å²) in [4.78, 5) is 26.5. The molecule has 0 radical (unpaired) electrons. The molecule has 2 spiro atoms. The van der Waals surface area contributed by atoms with Gasteiger partial charge in [-0.05, 0) is 44.6 Å². The molecular weight excluding hydrogens is 288 g/mol. The van der Waals surface area contributed by atoms with Crippen molar-refractivity contribution in [2.24, 2.45) is 10.8 Å². The highest BCUT2D eigenvalue weighted by molar-refractivity contribution is 6.09. The average Bonchev–Trinajstić information content (AvgIpc) is 3.01. The van der Waals surface area contributed by atoms with Gasteiger partial charge in [0.15, 0.2) is 11.6 Å². The van der Waals surface area contributed by atoms with E-state index in [1.54, 1.807) is 0 Å². The van der Waals surface area contributed by atoms with Gasteiger partial charge in [0, 0.05) is 5.56 Å². The molecule has 3 nitrogen and oxygen atoms in total. The quantitative estimate of drug-likeness (QED) is 0.736. The molecule has 3 heteroatoms. The summed E-state index contributed by atoms with van der Waals surface area (Å²) in [6.07, 6.45) is 5.94. The molecule has 2 bridgehead atoms. The summed E-state index contributed by atoms with van der Waals surface area (Å²) < 4.78 is 6.39. The van der Waals surface area contributed by atoms with Crippen molar-refractivity contribution in [2.45, 2.75) is 63.6 Å². The first-order chi connectivity index (χ1) is 11.0. The van der Waals surface area contributed by atoms with Gasteiger partial charge in [0.05, 0.1) is 16.4 Å². The fourth-order valence-electron chi connectivity index (χ4n) is 5.91. The van der Waals surface area contributed by atoms with Gasteiger partial charge in [-0.3, -0.25) is 9.59 Å². The molecule has 2 saturated heterocycles. The van der Waals surface area contributed by atoms with Gasteiger partial charge in [-0.15, -0.1) is 0 Å². The maximum atomic E-state index is 13.3. The van der Waals surface area contributed by atoms with Crippen molar-refractivity contribution in [3.63, 3.8) is 0 Å². The van der Waals surface area contributed by atoms with E-state index in [0.29, 0.717) is 0 Å².